The topological polar surface area (TPSA) is 63.1 Å². The van der Waals surface area contributed by atoms with Gasteiger partial charge in [-0.05, 0) is 29.8 Å². The summed E-state index contributed by atoms with van der Waals surface area (Å²) in [6.07, 6.45) is -2.57. The number of pyridine rings is 1. The lowest BCUT2D eigenvalue weighted by atomic mass is 9.97. The zero-order chi connectivity index (χ0) is 22.9. The molecular weight excluding hydrogens is 443 g/mol. The third kappa shape index (κ3) is 4.72. The number of hydrogen-bond acceptors (Lipinski definition) is 4. The van der Waals surface area contributed by atoms with Crippen LogP contribution in [-0.4, -0.2) is 45.3 Å². The zero-order valence-electron chi connectivity index (χ0n) is 17.2. The fourth-order valence-electron chi connectivity index (χ4n) is 3.72. The number of aromatic nitrogens is 3. The van der Waals surface area contributed by atoms with Crippen LogP contribution in [-0.2, 0) is 6.42 Å². The fraction of sp³-hybridized carbons (Fsp3) is 0.318. The number of likely N-dealkylation sites (N-methyl/N-ethyl adjacent to an activating group) is 1. The number of halogens is 4. The first-order valence-corrected chi connectivity index (χ1v) is 10.4. The lowest BCUT2D eigenvalue weighted by Gasteiger charge is -2.33. The highest BCUT2D eigenvalue weighted by Crippen LogP contribution is 2.43. The Bertz CT molecular complexity index is 1090. The van der Waals surface area contributed by atoms with Crippen molar-refractivity contribution in [3.63, 3.8) is 0 Å². The van der Waals surface area contributed by atoms with E-state index in [0.29, 0.717) is 23.6 Å². The Morgan fingerprint density at radius 2 is 2.00 bits per heavy atom. The standard InChI is InChI=1S/C22H21ClF3N5O/c1-30(11-9-16-4-2-3-10-27-16)21(32)18-13-20-28-17(14-5-7-15(23)8-6-14)12-19(22(24,25)26)31(20)29-18/h2-8,10,13,17,19,28H,9,11-12H2,1H3/t17-,19-/m1/s1. The summed E-state index contributed by atoms with van der Waals surface area (Å²) in [4.78, 5) is 18.5. The molecule has 3 heterocycles. The van der Waals surface area contributed by atoms with E-state index in [2.05, 4.69) is 15.4 Å². The second-order valence-electron chi connectivity index (χ2n) is 7.70. The molecule has 1 amide bonds. The Morgan fingerprint density at radius 3 is 2.66 bits per heavy atom. The van der Waals surface area contributed by atoms with Gasteiger partial charge in [-0.15, -0.1) is 0 Å². The molecule has 2 aromatic heterocycles. The van der Waals surface area contributed by atoms with Crippen LogP contribution in [0.15, 0.2) is 54.7 Å². The van der Waals surface area contributed by atoms with Crippen molar-refractivity contribution in [2.45, 2.75) is 31.1 Å². The fourth-order valence-corrected chi connectivity index (χ4v) is 3.84. The van der Waals surface area contributed by atoms with Gasteiger partial charge in [0.05, 0.1) is 6.04 Å². The second-order valence-corrected chi connectivity index (χ2v) is 8.14. The monoisotopic (exact) mass is 463 g/mol. The SMILES string of the molecule is CN(CCc1ccccn1)C(=O)c1cc2n(n1)[C@@H](C(F)(F)F)C[C@H](c1ccc(Cl)cc1)N2. The predicted octanol–water partition coefficient (Wildman–Crippen LogP) is 4.91. The highest BCUT2D eigenvalue weighted by atomic mass is 35.5. The van der Waals surface area contributed by atoms with E-state index in [4.69, 9.17) is 11.6 Å². The lowest BCUT2D eigenvalue weighted by Crippen LogP contribution is -2.36. The van der Waals surface area contributed by atoms with E-state index < -0.39 is 24.2 Å². The molecule has 168 valence electrons. The van der Waals surface area contributed by atoms with E-state index in [1.54, 1.807) is 43.6 Å². The van der Waals surface area contributed by atoms with Gasteiger partial charge in [-0.2, -0.15) is 18.3 Å². The van der Waals surface area contributed by atoms with Crippen LogP contribution in [0.4, 0.5) is 19.0 Å². The number of fused-ring (bicyclic) bond motifs is 1. The molecule has 0 unspecified atom stereocenters. The zero-order valence-corrected chi connectivity index (χ0v) is 17.9. The molecular formula is C22H21ClF3N5O. The summed E-state index contributed by atoms with van der Waals surface area (Å²) in [6.45, 7) is 0.363. The summed E-state index contributed by atoms with van der Waals surface area (Å²) in [5, 5.41) is 7.61. The van der Waals surface area contributed by atoms with Crippen LogP contribution in [0.5, 0.6) is 0 Å². The van der Waals surface area contributed by atoms with E-state index in [9.17, 15) is 18.0 Å². The maximum absolute atomic E-state index is 13.8. The van der Waals surface area contributed by atoms with Gasteiger partial charge in [0.2, 0.25) is 0 Å². The van der Waals surface area contributed by atoms with E-state index in [1.165, 1.54) is 11.0 Å². The van der Waals surface area contributed by atoms with Gasteiger partial charge in [-0.1, -0.05) is 29.8 Å². The summed E-state index contributed by atoms with van der Waals surface area (Å²) in [7, 11) is 1.59. The second kappa shape index (κ2) is 8.82. The van der Waals surface area contributed by atoms with Crippen molar-refractivity contribution < 1.29 is 18.0 Å². The van der Waals surface area contributed by atoms with Crippen LogP contribution in [0, 0.1) is 0 Å². The first-order chi connectivity index (χ1) is 15.2. The number of nitrogens with zero attached hydrogens (tertiary/aromatic N) is 4. The molecule has 0 saturated carbocycles. The number of anilines is 1. The van der Waals surface area contributed by atoms with Crippen LogP contribution in [0.1, 0.15) is 40.3 Å². The maximum Gasteiger partial charge on any atom is 0.410 e. The molecule has 0 bridgehead atoms. The van der Waals surface area contributed by atoms with Crippen molar-refractivity contribution >= 4 is 23.3 Å². The van der Waals surface area contributed by atoms with Gasteiger partial charge < -0.3 is 10.2 Å². The molecule has 1 aliphatic rings. The highest BCUT2D eigenvalue weighted by Gasteiger charge is 2.46. The third-order valence-electron chi connectivity index (χ3n) is 5.46. The van der Waals surface area contributed by atoms with E-state index in [-0.39, 0.29) is 17.9 Å². The number of nitrogens with one attached hydrogen (secondary N) is 1. The van der Waals surface area contributed by atoms with Crippen molar-refractivity contribution in [1.29, 1.82) is 0 Å². The number of alkyl halides is 3. The van der Waals surface area contributed by atoms with E-state index >= 15 is 0 Å². The minimum absolute atomic E-state index is 0.0398. The number of carbonyl (C=O) groups is 1. The molecule has 0 radical (unpaired) electrons. The summed E-state index contributed by atoms with van der Waals surface area (Å²) in [6, 6.07) is 11.1. The average Bonchev–Trinajstić information content (AvgIpc) is 3.21. The summed E-state index contributed by atoms with van der Waals surface area (Å²) in [5.41, 5.74) is 1.46. The predicted molar refractivity (Wildman–Crippen MR) is 115 cm³/mol. The first-order valence-electron chi connectivity index (χ1n) is 10.1. The van der Waals surface area contributed by atoms with Crippen molar-refractivity contribution in [2.24, 2.45) is 0 Å². The van der Waals surface area contributed by atoms with Gasteiger partial charge in [0.15, 0.2) is 11.7 Å². The average molecular weight is 464 g/mol. The molecule has 4 rings (SSSR count). The minimum atomic E-state index is -4.52. The molecule has 10 heteroatoms. The Labute approximate surface area is 188 Å². The number of carbonyl (C=O) groups excluding carboxylic acids is 1. The summed E-state index contributed by atoms with van der Waals surface area (Å²) >= 11 is 5.90. The van der Waals surface area contributed by atoms with Crippen molar-refractivity contribution in [3.8, 4) is 0 Å². The van der Waals surface area contributed by atoms with Gasteiger partial charge in [0.1, 0.15) is 5.82 Å². The smallest absolute Gasteiger partial charge is 0.363 e. The number of rotatable bonds is 5. The Balaban J connectivity index is 1.55. The van der Waals surface area contributed by atoms with Crippen LogP contribution in [0.25, 0.3) is 0 Å². The summed E-state index contributed by atoms with van der Waals surface area (Å²) < 4.78 is 42.4. The number of amides is 1. The molecule has 1 aliphatic heterocycles. The molecule has 1 N–H and O–H groups in total. The molecule has 0 saturated heterocycles. The molecule has 0 aliphatic carbocycles. The van der Waals surface area contributed by atoms with Crippen LogP contribution in [0.2, 0.25) is 5.02 Å². The Kier molecular flexibility index (Phi) is 6.10. The number of benzene rings is 1. The van der Waals surface area contributed by atoms with Crippen LogP contribution >= 0.6 is 11.6 Å². The number of hydrogen-bond donors (Lipinski definition) is 1. The largest absolute Gasteiger partial charge is 0.410 e. The third-order valence-corrected chi connectivity index (χ3v) is 5.71. The summed E-state index contributed by atoms with van der Waals surface area (Å²) in [5.74, 6) is -0.298. The highest BCUT2D eigenvalue weighted by molar-refractivity contribution is 6.30. The van der Waals surface area contributed by atoms with Gasteiger partial charge in [-0.25, -0.2) is 4.68 Å². The first kappa shape index (κ1) is 22.1. The van der Waals surface area contributed by atoms with Gasteiger partial charge >= 0.3 is 6.18 Å². The molecule has 3 aromatic rings. The Morgan fingerprint density at radius 1 is 1.25 bits per heavy atom. The molecule has 2 atom stereocenters. The molecule has 0 spiro atoms. The van der Waals surface area contributed by atoms with E-state index in [1.807, 2.05) is 12.1 Å². The Hall–Kier alpha value is -3.07. The van der Waals surface area contributed by atoms with E-state index in [0.717, 1.165) is 10.4 Å². The maximum atomic E-state index is 13.8. The van der Waals surface area contributed by atoms with Crippen molar-refractivity contribution in [3.05, 3.63) is 76.7 Å². The minimum Gasteiger partial charge on any atom is -0.363 e. The molecule has 6 nitrogen and oxygen atoms in total. The lowest BCUT2D eigenvalue weighted by molar-refractivity contribution is -0.173. The molecule has 32 heavy (non-hydrogen) atoms. The normalized spacial score (nSPS) is 18.0. The van der Waals surface area contributed by atoms with Gasteiger partial charge in [0.25, 0.3) is 5.91 Å². The van der Waals surface area contributed by atoms with Gasteiger partial charge in [0, 0.05) is 49.4 Å². The van der Waals surface area contributed by atoms with Crippen molar-refractivity contribution in [2.75, 3.05) is 18.9 Å². The quantitative estimate of drug-likeness (QED) is 0.584. The molecule has 0 fully saturated rings. The van der Waals surface area contributed by atoms with Crippen molar-refractivity contribution in [1.82, 2.24) is 19.7 Å². The van der Waals surface area contributed by atoms with Crippen LogP contribution < -0.4 is 5.32 Å². The van der Waals surface area contributed by atoms with Crippen LogP contribution in [0.3, 0.4) is 0 Å². The molecule has 1 aromatic carbocycles. The van der Waals surface area contributed by atoms with Gasteiger partial charge in [-0.3, -0.25) is 9.78 Å².